The Balaban J connectivity index is 1.65. The van der Waals surface area contributed by atoms with Crippen molar-refractivity contribution in [2.75, 3.05) is 18.0 Å². The molecule has 2 N–H and O–H groups in total. The zero-order valence-electron chi connectivity index (χ0n) is 11.7. The third-order valence-electron chi connectivity index (χ3n) is 3.83. The summed E-state index contributed by atoms with van der Waals surface area (Å²) in [5, 5.41) is 11.6. The molecular formula is C15H14FN5S. The van der Waals surface area contributed by atoms with Gasteiger partial charge in [0, 0.05) is 36.9 Å². The lowest BCUT2D eigenvalue weighted by Gasteiger charge is -2.38. The molecule has 2 aromatic heterocycles. The van der Waals surface area contributed by atoms with E-state index < -0.39 is 0 Å². The van der Waals surface area contributed by atoms with Gasteiger partial charge in [-0.05, 0) is 24.3 Å². The van der Waals surface area contributed by atoms with Crippen molar-refractivity contribution in [3.05, 3.63) is 48.5 Å². The number of hydrogen-bond acceptors (Lipinski definition) is 5. The first kappa shape index (κ1) is 13.5. The second-order valence-corrected chi connectivity index (χ2v) is 6.25. The zero-order valence-corrected chi connectivity index (χ0v) is 12.5. The molecule has 1 aliphatic rings. The number of fused-ring (bicyclic) bond motifs is 1. The monoisotopic (exact) mass is 315 g/mol. The van der Waals surface area contributed by atoms with Gasteiger partial charge in [-0.15, -0.1) is 0 Å². The molecule has 0 bridgehead atoms. The van der Waals surface area contributed by atoms with E-state index >= 15 is 0 Å². The number of halogens is 1. The van der Waals surface area contributed by atoms with E-state index in [1.54, 1.807) is 16.8 Å². The van der Waals surface area contributed by atoms with Crippen LogP contribution in [0.1, 0.15) is 0 Å². The Morgan fingerprint density at radius 3 is 2.73 bits per heavy atom. The number of pyridine rings is 1. The quantitative estimate of drug-likeness (QED) is 0.752. The molecule has 4 rings (SSSR count). The SMILES string of the molecule is NSC1CN(c2cc3nn(-c4ccc(F)cc4)cc3cn2)C1. The Labute approximate surface area is 131 Å². The van der Waals surface area contributed by atoms with Crippen LogP contribution in [0.4, 0.5) is 10.2 Å². The van der Waals surface area contributed by atoms with Crippen LogP contribution in [0.2, 0.25) is 0 Å². The van der Waals surface area contributed by atoms with E-state index in [0.717, 1.165) is 35.5 Å². The lowest BCUT2D eigenvalue weighted by atomic mass is 10.2. The smallest absolute Gasteiger partial charge is 0.130 e. The molecule has 0 unspecified atom stereocenters. The molecule has 1 saturated heterocycles. The summed E-state index contributed by atoms with van der Waals surface area (Å²) in [6.07, 6.45) is 3.72. The maximum atomic E-state index is 13.0. The fourth-order valence-electron chi connectivity index (χ4n) is 2.52. The molecule has 0 saturated carbocycles. The average molecular weight is 315 g/mol. The van der Waals surface area contributed by atoms with Gasteiger partial charge in [0.1, 0.15) is 11.6 Å². The minimum Gasteiger partial charge on any atom is -0.354 e. The zero-order chi connectivity index (χ0) is 15.1. The van der Waals surface area contributed by atoms with Gasteiger partial charge in [-0.25, -0.2) is 14.1 Å². The third-order valence-corrected chi connectivity index (χ3v) is 4.51. The minimum absolute atomic E-state index is 0.255. The van der Waals surface area contributed by atoms with Crippen LogP contribution >= 0.6 is 11.9 Å². The van der Waals surface area contributed by atoms with Gasteiger partial charge in [-0.1, -0.05) is 11.9 Å². The van der Waals surface area contributed by atoms with Gasteiger partial charge in [0.2, 0.25) is 0 Å². The molecule has 3 heterocycles. The van der Waals surface area contributed by atoms with E-state index in [1.165, 1.54) is 24.1 Å². The van der Waals surface area contributed by atoms with Gasteiger partial charge in [0.05, 0.1) is 16.5 Å². The molecule has 5 nitrogen and oxygen atoms in total. The molecular weight excluding hydrogens is 301 g/mol. The molecule has 7 heteroatoms. The van der Waals surface area contributed by atoms with Gasteiger partial charge in [-0.3, -0.25) is 5.14 Å². The van der Waals surface area contributed by atoms with E-state index in [4.69, 9.17) is 5.14 Å². The summed E-state index contributed by atoms with van der Waals surface area (Å²) < 4.78 is 14.7. The Morgan fingerprint density at radius 2 is 2.00 bits per heavy atom. The molecule has 0 atom stereocenters. The summed E-state index contributed by atoms with van der Waals surface area (Å²) in [5.41, 5.74) is 1.70. The normalized spacial score (nSPS) is 15.3. The third kappa shape index (κ3) is 2.32. The summed E-state index contributed by atoms with van der Waals surface area (Å²) in [5.74, 6) is 0.664. The average Bonchev–Trinajstić information content (AvgIpc) is 2.90. The van der Waals surface area contributed by atoms with Crippen LogP contribution in [0.3, 0.4) is 0 Å². The molecule has 0 amide bonds. The van der Waals surface area contributed by atoms with E-state index in [9.17, 15) is 4.39 Å². The van der Waals surface area contributed by atoms with Crippen LogP contribution < -0.4 is 10.0 Å². The van der Waals surface area contributed by atoms with Crippen molar-refractivity contribution < 1.29 is 4.39 Å². The molecule has 0 spiro atoms. The lowest BCUT2D eigenvalue weighted by molar-refractivity contribution is 0.627. The van der Waals surface area contributed by atoms with Crippen LogP contribution in [-0.4, -0.2) is 33.1 Å². The first-order valence-electron chi connectivity index (χ1n) is 6.95. The molecule has 22 heavy (non-hydrogen) atoms. The molecule has 3 aromatic rings. The van der Waals surface area contributed by atoms with Crippen LogP contribution in [0.25, 0.3) is 16.6 Å². The van der Waals surface area contributed by atoms with Crippen molar-refractivity contribution in [2.24, 2.45) is 5.14 Å². The number of nitrogens with two attached hydrogens (primary N) is 1. The molecule has 112 valence electrons. The summed E-state index contributed by atoms with van der Waals surface area (Å²) in [6.45, 7) is 1.83. The highest BCUT2D eigenvalue weighted by Crippen LogP contribution is 2.26. The summed E-state index contributed by atoms with van der Waals surface area (Å²) >= 11 is 1.40. The fourth-order valence-corrected chi connectivity index (χ4v) is 3.05. The van der Waals surface area contributed by atoms with E-state index in [1.807, 2.05) is 18.5 Å². The Kier molecular flexibility index (Phi) is 3.24. The minimum atomic E-state index is -0.255. The standard InChI is InChI=1S/C15H14FN5S/c16-11-1-3-12(4-2-11)21-7-10-6-18-15(5-14(10)19-21)20-8-13(9-20)22-17/h1-7,13H,8-9,17H2. The van der Waals surface area contributed by atoms with Gasteiger partial charge < -0.3 is 4.90 Å². The molecule has 1 aromatic carbocycles. The van der Waals surface area contributed by atoms with Crippen molar-refractivity contribution in [2.45, 2.75) is 5.25 Å². The van der Waals surface area contributed by atoms with Gasteiger partial charge in [0.25, 0.3) is 0 Å². The molecule has 0 aliphatic carbocycles. The van der Waals surface area contributed by atoms with Gasteiger partial charge in [0.15, 0.2) is 0 Å². The van der Waals surface area contributed by atoms with Gasteiger partial charge in [-0.2, -0.15) is 5.10 Å². The van der Waals surface area contributed by atoms with E-state index in [2.05, 4.69) is 15.0 Å². The topological polar surface area (TPSA) is 60.0 Å². The van der Waals surface area contributed by atoms with E-state index in [-0.39, 0.29) is 5.82 Å². The number of rotatable bonds is 3. The van der Waals surface area contributed by atoms with Crippen LogP contribution in [0.5, 0.6) is 0 Å². The predicted octanol–water partition coefficient (Wildman–Crippen LogP) is 2.36. The van der Waals surface area contributed by atoms with Crippen molar-refractivity contribution in [1.29, 1.82) is 0 Å². The second kappa shape index (κ2) is 5.26. The van der Waals surface area contributed by atoms with Crippen LogP contribution in [0.15, 0.2) is 42.7 Å². The summed E-state index contributed by atoms with van der Waals surface area (Å²) in [6, 6.07) is 8.24. The number of benzene rings is 1. The lowest BCUT2D eigenvalue weighted by Crippen LogP contribution is -2.50. The van der Waals surface area contributed by atoms with E-state index in [0.29, 0.717) is 5.25 Å². The van der Waals surface area contributed by atoms with Crippen LogP contribution in [-0.2, 0) is 0 Å². The highest BCUT2D eigenvalue weighted by Gasteiger charge is 2.27. The summed E-state index contributed by atoms with van der Waals surface area (Å²) in [7, 11) is 0. The van der Waals surface area contributed by atoms with Crippen LogP contribution in [0, 0.1) is 5.82 Å². The largest absolute Gasteiger partial charge is 0.354 e. The number of aromatic nitrogens is 3. The maximum Gasteiger partial charge on any atom is 0.130 e. The predicted molar refractivity (Wildman–Crippen MR) is 86.6 cm³/mol. The summed E-state index contributed by atoms with van der Waals surface area (Å²) in [4.78, 5) is 6.66. The Morgan fingerprint density at radius 1 is 1.23 bits per heavy atom. The first-order chi connectivity index (χ1) is 10.7. The number of hydrogen-bond donors (Lipinski definition) is 1. The van der Waals surface area contributed by atoms with Crippen molar-refractivity contribution >= 4 is 28.7 Å². The van der Waals surface area contributed by atoms with Crippen molar-refractivity contribution in [3.63, 3.8) is 0 Å². The Hall–Kier alpha value is -2.12. The Bertz CT molecular complexity index is 810. The van der Waals surface area contributed by atoms with Crippen molar-refractivity contribution in [3.8, 4) is 5.69 Å². The molecule has 0 radical (unpaired) electrons. The number of anilines is 1. The second-order valence-electron chi connectivity index (χ2n) is 5.31. The highest BCUT2D eigenvalue weighted by molar-refractivity contribution is 7.97. The number of nitrogens with zero attached hydrogens (tertiary/aromatic N) is 4. The molecule has 1 fully saturated rings. The van der Waals surface area contributed by atoms with Gasteiger partial charge >= 0.3 is 0 Å². The van der Waals surface area contributed by atoms with Crippen molar-refractivity contribution in [1.82, 2.24) is 14.8 Å². The molecule has 1 aliphatic heterocycles. The maximum absolute atomic E-state index is 13.0. The fraction of sp³-hybridized carbons (Fsp3) is 0.200. The highest BCUT2D eigenvalue weighted by atomic mass is 32.2. The first-order valence-corrected chi connectivity index (χ1v) is 7.89.